The molecule has 1 aliphatic heterocycles. The van der Waals surface area contributed by atoms with Crippen LogP contribution in [0.3, 0.4) is 0 Å². The predicted octanol–water partition coefficient (Wildman–Crippen LogP) is 2.57. The van der Waals surface area contributed by atoms with Crippen molar-refractivity contribution in [3.05, 3.63) is 59.2 Å². The number of aryl methyl sites for hydroxylation is 1. The normalized spacial score (nSPS) is 14.0. The number of nitrogens with two attached hydrogens (primary N) is 1. The van der Waals surface area contributed by atoms with Gasteiger partial charge in [-0.2, -0.15) is 0 Å². The molecule has 0 fully saturated rings. The van der Waals surface area contributed by atoms with Gasteiger partial charge < -0.3 is 16.4 Å². The number of para-hydroxylation sites is 1. The lowest BCUT2D eigenvalue weighted by atomic mass is 10.0. The number of rotatable bonds is 5. The first-order valence-electron chi connectivity index (χ1n) is 8.08. The fourth-order valence-electron chi connectivity index (χ4n) is 2.93. The molecule has 0 bridgehead atoms. The summed E-state index contributed by atoms with van der Waals surface area (Å²) < 4.78 is 0. The van der Waals surface area contributed by atoms with Gasteiger partial charge in [-0.05, 0) is 42.2 Å². The van der Waals surface area contributed by atoms with Crippen LogP contribution in [0.25, 0.3) is 0 Å². The lowest BCUT2D eigenvalue weighted by molar-refractivity contribution is -0.121. The van der Waals surface area contributed by atoms with E-state index >= 15 is 0 Å². The molecule has 2 aromatic carbocycles. The van der Waals surface area contributed by atoms with Crippen molar-refractivity contribution in [1.29, 1.82) is 0 Å². The molecule has 1 atom stereocenters. The van der Waals surface area contributed by atoms with Crippen LogP contribution in [0.5, 0.6) is 0 Å². The minimum atomic E-state index is -0.105. The van der Waals surface area contributed by atoms with E-state index in [4.69, 9.17) is 5.73 Å². The van der Waals surface area contributed by atoms with Gasteiger partial charge in [-0.25, -0.2) is 0 Å². The van der Waals surface area contributed by atoms with E-state index in [-0.39, 0.29) is 17.9 Å². The average molecular weight is 323 g/mol. The summed E-state index contributed by atoms with van der Waals surface area (Å²) in [5.41, 5.74) is 10.4. The Bertz CT molecular complexity index is 786. The smallest absolute Gasteiger partial charge is 0.228 e. The van der Waals surface area contributed by atoms with Gasteiger partial charge in [-0.3, -0.25) is 9.59 Å². The van der Waals surface area contributed by atoms with E-state index in [1.165, 1.54) is 0 Å². The monoisotopic (exact) mass is 323 g/mol. The number of benzene rings is 2. The van der Waals surface area contributed by atoms with Crippen LogP contribution in [0.15, 0.2) is 42.5 Å². The van der Waals surface area contributed by atoms with Crippen molar-refractivity contribution >= 4 is 23.2 Å². The lowest BCUT2D eigenvalue weighted by Gasteiger charge is -2.15. The second-order valence-electron chi connectivity index (χ2n) is 6.13. The molecule has 1 aliphatic rings. The molecule has 2 amide bonds. The molecule has 0 saturated carbocycles. The number of fused-ring (bicyclic) bond motifs is 1. The number of hydrogen-bond donors (Lipinski definition) is 3. The van der Waals surface area contributed by atoms with E-state index < -0.39 is 0 Å². The van der Waals surface area contributed by atoms with Gasteiger partial charge in [0.25, 0.3) is 0 Å². The van der Waals surface area contributed by atoms with E-state index in [1.807, 2.05) is 49.4 Å². The number of amides is 2. The van der Waals surface area contributed by atoms with Gasteiger partial charge in [0.05, 0.1) is 12.5 Å². The maximum Gasteiger partial charge on any atom is 0.228 e. The van der Waals surface area contributed by atoms with Crippen LogP contribution >= 0.6 is 0 Å². The molecule has 5 heteroatoms. The van der Waals surface area contributed by atoms with Crippen molar-refractivity contribution < 1.29 is 9.59 Å². The first-order valence-corrected chi connectivity index (χ1v) is 8.08. The molecule has 2 aromatic rings. The Hall–Kier alpha value is -2.82. The van der Waals surface area contributed by atoms with Gasteiger partial charge in [0.2, 0.25) is 11.8 Å². The Balaban J connectivity index is 1.58. The molecule has 3 rings (SSSR count). The Morgan fingerprint density at radius 2 is 2.08 bits per heavy atom. The van der Waals surface area contributed by atoms with Crippen molar-refractivity contribution in [3.8, 4) is 0 Å². The predicted molar refractivity (Wildman–Crippen MR) is 94.5 cm³/mol. The second-order valence-corrected chi connectivity index (χ2v) is 6.13. The van der Waals surface area contributed by atoms with Crippen LogP contribution in [0.2, 0.25) is 0 Å². The SMILES string of the molecule is CC(NC(=O)CCc1ccccc1N)c1ccc2c(c1)CC(=O)N2. The maximum absolute atomic E-state index is 12.2. The fraction of sp³-hybridized carbons (Fsp3) is 0.263. The summed E-state index contributed by atoms with van der Waals surface area (Å²) in [5, 5.41) is 5.81. The quantitative estimate of drug-likeness (QED) is 0.739. The summed E-state index contributed by atoms with van der Waals surface area (Å²) in [4.78, 5) is 23.6. The maximum atomic E-state index is 12.2. The van der Waals surface area contributed by atoms with E-state index in [0.717, 1.165) is 22.4 Å². The Labute approximate surface area is 141 Å². The minimum absolute atomic E-state index is 0.0132. The number of anilines is 2. The molecule has 124 valence electrons. The van der Waals surface area contributed by atoms with Crippen LogP contribution in [-0.2, 0) is 22.4 Å². The van der Waals surface area contributed by atoms with E-state index in [0.29, 0.717) is 24.9 Å². The zero-order chi connectivity index (χ0) is 17.1. The molecule has 1 heterocycles. The van der Waals surface area contributed by atoms with Gasteiger partial charge in [-0.1, -0.05) is 30.3 Å². The average Bonchev–Trinajstić information content (AvgIpc) is 2.93. The Morgan fingerprint density at radius 3 is 2.88 bits per heavy atom. The summed E-state index contributed by atoms with van der Waals surface area (Å²) >= 11 is 0. The first kappa shape index (κ1) is 16.1. The van der Waals surface area contributed by atoms with Gasteiger partial charge in [0, 0.05) is 17.8 Å². The molecule has 0 aliphatic carbocycles. The number of carbonyl (C=O) groups is 2. The highest BCUT2D eigenvalue weighted by Crippen LogP contribution is 2.26. The number of hydrogen-bond acceptors (Lipinski definition) is 3. The topological polar surface area (TPSA) is 84.2 Å². The summed E-state index contributed by atoms with van der Waals surface area (Å²) in [5.74, 6) is -0.000239. The zero-order valence-electron chi connectivity index (χ0n) is 13.6. The highest BCUT2D eigenvalue weighted by atomic mass is 16.2. The van der Waals surface area contributed by atoms with Crippen LogP contribution in [-0.4, -0.2) is 11.8 Å². The first-order chi connectivity index (χ1) is 11.5. The largest absolute Gasteiger partial charge is 0.399 e. The molecule has 0 radical (unpaired) electrons. The molecule has 0 aromatic heterocycles. The molecule has 0 saturated heterocycles. The number of nitrogen functional groups attached to an aromatic ring is 1. The van der Waals surface area contributed by atoms with Crippen molar-refractivity contribution in [2.75, 3.05) is 11.1 Å². The minimum Gasteiger partial charge on any atom is -0.399 e. The second kappa shape index (κ2) is 6.74. The molecule has 0 spiro atoms. The summed E-state index contributed by atoms with van der Waals surface area (Å²) in [6.07, 6.45) is 1.41. The molecule has 1 unspecified atom stereocenters. The van der Waals surface area contributed by atoms with Gasteiger partial charge in [0.15, 0.2) is 0 Å². The summed E-state index contributed by atoms with van der Waals surface area (Å²) in [7, 11) is 0. The van der Waals surface area contributed by atoms with Crippen molar-refractivity contribution in [1.82, 2.24) is 5.32 Å². The third-order valence-corrected chi connectivity index (χ3v) is 4.31. The fourth-order valence-corrected chi connectivity index (χ4v) is 2.93. The lowest BCUT2D eigenvalue weighted by Crippen LogP contribution is -2.26. The molecule has 4 N–H and O–H groups in total. The van der Waals surface area contributed by atoms with E-state index in [1.54, 1.807) is 0 Å². The van der Waals surface area contributed by atoms with Crippen LogP contribution in [0.1, 0.15) is 36.1 Å². The van der Waals surface area contributed by atoms with Crippen LogP contribution in [0.4, 0.5) is 11.4 Å². The number of nitrogens with one attached hydrogen (secondary N) is 2. The zero-order valence-corrected chi connectivity index (χ0v) is 13.6. The third-order valence-electron chi connectivity index (χ3n) is 4.31. The molecule has 5 nitrogen and oxygen atoms in total. The Morgan fingerprint density at radius 1 is 1.29 bits per heavy atom. The standard InChI is InChI=1S/C19H21N3O2/c1-12(14-6-8-17-15(10-14)11-19(24)22-17)21-18(23)9-7-13-4-2-3-5-16(13)20/h2-6,8,10,12H,7,9,11,20H2,1H3,(H,21,23)(H,22,24). The van der Waals surface area contributed by atoms with Crippen LogP contribution in [0, 0.1) is 0 Å². The van der Waals surface area contributed by atoms with E-state index in [9.17, 15) is 9.59 Å². The number of carbonyl (C=O) groups excluding carboxylic acids is 2. The molecule has 24 heavy (non-hydrogen) atoms. The van der Waals surface area contributed by atoms with Crippen LogP contribution < -0.4 is 16.4 Å². The Kier molecular flexibility index (Phi) is 4.51. The summed E-state index contributed by atoms with van der Waals surface area (Å²) in [6, 6.07) is 13.3. The highest BCUT2D eigenvalue weighted by Gasteiger charge is 2.19. The highest BCUT2D eigenvalue weighted by molar-refractivity contribution is 5.99. The van der Waals surface area contributed by atoms with Gasteiger partial charge in [0.1, 0.15) is 0 Å². The summed E-state index contributed by atoms with van der Waals surface area (Å²) in [6.45, 7) is 1.95. The van der Waals surface area contributed by atoms with E-state index in [2.05, 4.69) is 10.6 Å². The molecular weight excluding hydrogens is 302 g/mol. The van der Waals surface area contributed by atoms with Crippen molar-refractivity contribution in [3.63, 3.8) is 0 Å². The van der Waals surface area contributed by atoms with Crippen molar-refractivity contribution in [2.45, 2.75) is 32.2 Å². The van der Waals surface area contributed by atoms with Gasteiger partial charge in [-0.15, -0.1) is 0 Å². The van der Waals surface area contributed by atoms with Crippen molar-refractivity contribution in [2.24, 2.45) is 0 Å². The third kappa shape index (κ3) is 3.56. The molecular formula is C19H21N3O2. The van der Waals surface area contributed by atoms with Gasteiger partial charge >= 0.3 is 0 Å².